The molecule has 0 bridgehead atoms. The van der Waals surface area contributed by atoms with E-state index in [1.165, 1.54) is 38.5 Å². The molecule has 3 rings (SSSR count). The fraction of sp³-hybridized carbons (Fsp3) is 0.300. The third-order valence-electron chi connectivity index (χ3n) is 5.74. The Kier molecular flexibility index (Phi) is 11.2. The largest absolute Gasteiger partial charge is 0.494 e. The first-order valence-corrected chi connectivity index (χ1v) is 12.7. The standard InChI is InChI=1S/C30H36N4O2/c1-2-3-4-5-6-7-8-9-10-23-36-29-21-11-24(12-22-29)30(35)32-26-17-19-28(20-18-26)34-33-27-15-13-25(31)14-16-27/h2,11-22H,1,3-10,23,31H2,(H,32,35). The van der Waals surface area contributed by atoms with Gasteiger partial charge in [-0.1, -0.05) is 38.2 Å². The Hall–Kier alpha value is -3.93. The summed E-state index contributed by atoms with van der Waals surface area (Å²) in [6.45, 7) is 4.46. The highest BCUT2D eigenvalue weighted by Gasteiger charge is 2.07. The van der Waals surface area contributed by atoms with Crippen LogP contribution < -0.4 is 15.8 Å². The van der Waals surface area contributed by atoms with Crippen molar-refractivity contribution in [2.45, 2.75) is 51.4 Å². The Balaban J connectivity index is 1.36. The molecule has 6 heteroatoms. The van der Waals surface area contributed by atoms with Crippen LogP contribution in [0.5, 0.6) is 5.75 Å². The van der Waals surface area contributed by atoms with Gasteiger partial charge in [0.15, 0.2) is 0 Å². The lowest BCUT2D eigenvalue weighted by atomic mass is 10.1. The van der Waals surface area contributed by atoms with Crippen LogP contribution in [-0.4, -0.2) is 12.5 Å². The van der Waals surface area contributed by atoms with Crippen LogP contribution in [0.3, 0.4) is 0 Å². The summed E-state index contributed by atoms with van der Waals surface area (Å²) in [6, 6.07) is 21.6. The molecule has 6 nitrogen and oxygen atoms in total. The third-order valence-corrected chi connectivity index (χ3v) is 5.74. The van der Waals surface area contributed by atoms with Gasteiger partial charge in [0.05, 0.1) is 18.0 Å². The van der Waals surface area contributed by atoms with Crippen molar-refractivity contribution in [1.82, 2.24) is 0 Å². The molecule has 3 aromatic carbocycles. The van der Waals surface area contributed by atoms with Gasteiger partial charge in [0.2, 0.25) is 0 Å². The first-order valence-electron chi connectivity index (χ1n) is 12.7. The minimum atomic E-state index is -0.175. The number of ether oxygens (including phenoxy) is 1. The predicted molar refractivity (Wildman–Crippen MR) is 148 cm³/mol. The molecule has 0 unspecified atom stereocenters. The number of hydrogen-bond acceptors (Lipinski definition) is 5. The van der Waals surface area contributed by atoms with Crippen molar-refractivity contribution in [1.29, 1.82) is 0 Å². The number of carbonyl (C=O) groups excluding carboxylic acids is 1. The van der Waals surface area contributed by atoms with Crippen LogP contribution >= 0.6 is 0 Å². The van der Waals surface area contributed by atoms with Crippen molar-refractivity contribution in [3.05, 3.63) is 91.0 Å². The Morgan fingerprint density at radius 2 is 1.33 bits per heavy atom. The zero-order chi connectivity index (χ0) is 25.4. The van der Waals surface area contributed by atoms with Crippen LogP contribution in [0, 0.1) is 0 Å². The number of rotatable bonds is 15. The lowest BCUT2D eigenvalue weighted by molar-refractivity contribution is 0.102. The first kappa shape index (κ1) is 26.7. The third kappa shape index (κ3) is 9.74. The maximum atomic E-state index is 12.6. The van der Waals surface area contributed by atoms with Gasteiger partial charge in [0.25, 0.3) is 5.91 Å². The molecule has 0 fully saturated rings. The zero-order valence-corrected chi connectivity index (χ0v) is 20.9. The lowest BCUT2D eigenvalue weighted by Gasteiger charge is -2.08. The van der Waals surface area contributed by atoms with Crippen molar-refractivity contribution >= 4 is 28.7 Å². The van der Waals surface area contributed by atoms with Gasteiger partial charge in [-0.15, -0.1) is 6.58 Å². The summed E-state index contributed by atoms with van der Waals surface area (Å²) in [6.07, 6.45) is 11.7. The second kappa shape index (κ2) is 15.1. The number of azo groups is 1. The van der Waals surface area contributed by atoms with Crippen molar-refractivity contribution in [3.8, 4) is 5.75 Å². The molecular weight excluding hydrogens is 448 g/mol. The number of nitrogen functional groups attached to an aromatic ring is 1. The van der Waals surface area contributed by atoms with Crippen LogP contribution in [0.25, 0.3) is 0 Å². The van der Waals surface area contributed by atoms with Crippen molar-refractivity contribution < 1.29 is 9.53 Å². The molecule has 0 saturated heterocycles. The molecule has 0 heterocycles. The summed E-state index contributed by atoms with van der Waals surface area (Å²) >= 11 is 0. The highest BCUT2D eigenvalue weighted by Crippen LogP contribution is 2.22. The minimum absolute atomic E-state index is 0.175. The van der Waals surface area contributed by atoms with E-state index in [1.54, 1.807) is 60.7 Å². The average Bonchev–Trinajstić information content (AvgIpc) is 2.90. The predicted octanol–water partition coefficient (Wildman–Crippen LogP) is 8.62. The molecule has 0 spiro atoms. The van der Waals surface area contributed by atoms with E-state index in [2.05, 4.69) is 22.1 Å². The molecule has 0 aromatic heterocycles. The van der Waals surface area contributed by atoms with Crippen molar-refractivity contribution in [2.75, 3.05) is 17.7 Å². The van der Waals surface area contributed by atoms with E-state index in [4.69, 9.17) is 10.5 Å². The number of nitrogens with zero attached hydrogens (tertiary/aromatic N) is 2. The maximum absolute atomic E-state index is 12.6. The first-order chi connectivity index (χ1) is 17.6. The van der Waals surface area contributed by atoms with E-state index >= 15 is 0 Å². The molecule has 188 valence electrons. The van der Waals surface area contributed by atoms with Crippen LogP contribution in [0.2, 0.25) is 0 Å². The number of benzene rings is 3. The summed E-state index contributed by atoms with van der Waals surface area (Å²) in [4.78, 5) is 12.6. The fourth-order valence-electron chi connectivity index (χ4n) is 3.64. The molecule has 0 radical (unpaired) electrons. The van der Waals surface area contributed by atoms with Gasteiger partial charge in [-0.05, 0) is 92.1 Å². The van der Waals surface area contributed by atoms with E-state index in [0.717, 1.165) is 24.3 Å². The van der Waals surface area contributed by atoms with Gasteiger partial charge in [-0.3, -0.25) is 4.79 Å². The summed E-state index contributed by atoms with van der Waals surface area (Å²) in [5.74, 6) is 0.609. The lowest BCUT2D eigenvalue weighted by Crippen LogP contribution is -2.11. The Labute approximate surface area is 214 Å². The van der Waals surface area contributed by atoms with E-state index in [-0.39, 0.29) is 5.91 Å². The van der Waals surface area contributed by atoms with E-state index < -0.39 is 0 Å². The number of anilines is 2. The Bertz CT molecular complexity index is 1090. The number of carbonyl (C=O) groups is 1. The average molecular weight is 485 g/mol. The van der Waals surface area contributed by atoms with Crippen LogP contribution in [-0.2, 0) is 0 Å². The Morgan fingerprint density at radius 1 is 0.778 bits per heavy atom. The fourth-order valence-corrected chi connectivity index (χ4v) is 3.64. The minimum Gasteiger partial charge on any atom is -0.494 e. The molecule has 3 N–H and O–H groups in total. The molecule has 0 aliphatic heterocycles. The summed E-state index contributed by atoms with van der Waals surface area (Å²) in [5.41, 5.74) is 9.03. The van der Waals surface area contributed by atoms with E-state index in [9.17, 15) is 4.79 Å². The molecule has 36 heavy (non-hydrogen) atoms. The molecule has 0 aliphatic carbocycles. The van der Waals surface area contributed by atoms with E-state index in [0.29, 0.717) is 29.2 Å². The monoisotopic (exact) mass is 484 g/mol. The maximum Gasteiger partial charge on any atom is 0.255 e. The highest BCUT2D eigenvalue weighted by molar-refractivity contribution is 6.04. The van der Waals surface area contributed by atoms with Crippen molar-refractivity contribution in [3.63, 3.8) is 0 Å². The molecule has 0 saturated carbocycles. The number of nitrogens with two attached hydrogens (primary N) is 1. The molecule has 1 amide bonds. The normalized spacial score (nSPS) is 10.9. The van der Waals surface area contributed by atoms with Crippen LogP contribution in [0.1, 0.15) is 61.7 Å². The molecule has 3 aromatic rings. The molecular formula is C30H36N4O2. The van der Waals surface area contributed by atoms with Gasteiger partial charge < -0.3 is 15.8 Å². The van der Waals surface area contributed by atoms with Gasteiger partial charge >= 0.3 is 0 Å². The van der Waals surface area contributed by atoms with Gasteiger partial charge in [-0.25, -0.2) is 0 Å². The second-order valence-electron chi connectivity index (χ2n) is 8.72. The number of hydrogen-bond donors (Lipinski definition) is 2. The molecule has 0 atom stereocenters. The number of nitrogens with one attached hydrogen (secondary N) is 1. The second-order valence-corrected chi connectivity index (χ2v) is 8.72. The van der Waals surface area contributed by atoms with Gasteiger partial charge in [-0.2, -0.15) is 10.2 Å². The van der Waals surface area contributed by atoms with Gasteiger partial charge in [0, 0.05) is 16.9 Å². The summed E-state index contributed by atoms with van der Waals surface area (Å²) in [5, 5.41) is 11.3. The number of allylic oxidation sites excluding steroid dienone is 1. The van der Waals surface area contributed by atoms with Crippen LogP contribution in [0.4, 0.5) is 22.7 Å². The Morgan fingerprint density at radius 3 is 1.94 bits per heavy atom. The van der Waals surface area contributed by atoms with Crippen molar-refractivity contribution in [2.24, 2.45) is 10.2 Å². The van der Waals surface area contributed by atoms with E-state index in [1.807, 2.05) is 18.2 Å². The zero-order valence-electron chi connectivity index (χ0n) is 20.9. The summed E-state index contributed by atoms with van der Waals surface area (Å²) < 4.78 is 5.82. The van der Waals surface area contributed by atoms with Gasteiger partial charge in [0.1, 0.15) is 5.75 Å². The van der Waals surface area contributed by atoms with Crippen LogP contribution in [0.15, 0.2) is 95.7 Å². The SMILES string of the molecule is C=CCCCCCCCCCOc1ccc(C(=O)Nc2ccc(N=Nc3ccc(N)cc3)cc2)cc1. The smallest absolute Gasteiger partial charge is 0.255 e. The topological polar surface area (TPSA) is 89.1 Å². The number of unbranched alkanes of at least 4 members (excludes halogenated alkanes) is 7. The molecule has 0 aliphatic rings. The number of amides is 1. The summed E-state index contributed by atoms with van der Waals surface area (Å²) in [7, 11) is 0. The quantitative estimate of drug-likeness (QED) is 0.0979. The highest BCUT2D eigenvalue weighted by atomic mass is 16.5.